The minimum Gasteiger partial charge on any atom is -0.497 e. The van der Waals surface area contributed by atoms with E-state index in [4.69, 9.17) is 4.74 Å². The van der Waals surface area contributed by atoms with Gasteiger partial charge in [0, 0.05) is 13.1 Å². The maximum atomic E-state index is 12.0. The molecule has 1 aromatic rings. The van der Waals surface area contributed by atoms with Gasteiger partial charge in [-0.05, 0) is 43.1 Å². The second kappa shape index (κ2) is 10.9. The van der Waals surface area contributed by atoms with Gasteiger partial charge in [0.25, 0.3) is 0 Å². The summed E-state index contributed by atoms with van der Waals surface area (Å²) < 4.78 is 5.23. The highest BCUT2D eigenvalue weighted by Gasteiger charge is 2.18. The number of benzene rings is 1. The summed E-state index contributed by atoms with van der Waals surface area (Å²) in [7, 11) is 1.67. The van der Waals surface area contributed by atoms with Gasteiger partial charge in [0.15, 0.2) is 0 Å². The molecular weight excluding hydrogens is 302 g/mol. The van der Waals surface area contributed by atoms with Crippen LogP contribution < -0.4 is 15.4 Å². The molecule has 0 bridgehead atoms. The monoisotopic (exact) mass is 335 g/mol. The van der Waals surface area contributed by atoms with E-state index >= 15 is 0 Å². The Balaban J connectivity index is 2.67. The van der Waals surface area contributed by atoms with Crippen molar-refractivity contribution in [3.8, 4) is 5.75 Å². The molecule has 1 aromatic carbocycles. The van der Waals surface area contributed by atoms with Gasteiger partial charge in [0.1, 0.15) is 5.75 Å². The third kappa shape index (κ3) is 6.79. The molecule has 1 atom stereocenters. The van der Waals surface area contributed by atoms with E-state index in [1.165, 1.54) is 5.56 Å². The number of likely N-dealkylation sites (N-methyl/N-ethyl adjacent to an activating group) is 1. The molecule has 0 aliphatic carbocycles. The first-order valence-corrected chi connectivity index (χ1v) is 8.91. The molecule has 136 valence electrons. The standard InChI is InChI=1S/C19H33N3O2/c1-6-22(7-2)18(16-8-10-17(24-5)11-9-16)14-21-19(23)20-13-12-15(3)4/h8-11,15,18H,6-7,12-14H2,1-5H3,(H2,20,21,23). The van der Waals surface area contributed by atoms with Crippen LogP contribution in [-0.2, 0) is 0 Å². The molecule has 0 aliphatic rings. The summed E-state index contributed by atoms with van der Waals surface area (Å²) in [5.41, 5.74) is 1.18. The Bertz CT molecular complexity index is 470. The number of amides is 2. The number of methoxy groups -OCH3 is 1. The highest BCUT2D eigenvalue weighted by Crippen LogP contribution is 2.22. The van der Waals surface area contributed by atoms with Crippen molar-refractivity contribution in [1.82, 2.24) is 15.5 Å². The van der Waals surface area contributed by atoms with E-state index in [1.54, 1.807) is 7.11 Å². The van der Waals surface area contributed by atoms with Crippen LogP contribution in [0.25, 0.3) is 0 Å². The zero-order valence-corrected chi connectivity index (χ0v) is 15.8. The van der Waals surface area contributed by atoms with Gasteiger partial charge in [-0.25, -0.2) is 4.79 Å². The van der Waals surface area contributed by atoms with E-state index in [-0.39, 0.29) is 12.1 Å². The number of urea groups is 1. The smallest absolute Gasteiger partial charge is 0.314 e. The molecule has 5 nitrogen and oxygen atoms in total. The largest absolute Gasteiger partial charge is 0.497 e. The quantitative estimate of drug-likeness (QED) is 0.689. The average Bonchev–Trinajstić information content (AvgIpc) is 2.58. The Morgan fingerprint density at radius 1 is 1.12 bits per heavy atom. The third-order valence-electron chi connectivity index (χ3n) is 4.22. The van der Waals surface area contributed by atoms with Gasteiger partial charge in [0.2, 0.25) is 0 Å². The molecule has 1 unspecified atom stereocenters. The van der Waals surface area contributed by atoms with E-state index in [0.29, 0.717) is 19.0 Å². The Labute approximate surface area is 146 Å². The van der Waals surface area contributed by atoms with Crippen LogP contribution in [0.1, 0.15) is 45.7 Å². The van der Waals surface area contributed by atoms with Crippen molar-refractivity contribution < 1.29 is 9.53 Å². The number of carbonyl (C=O) groups is 1. The predicted molar refractivity (Wildman–Crippen MR) is 99.5 cm³/mol. The lowest BCUT2D eigenvalue weighted by atomic mass is 10.0. The number of nitrogens with zero attached hydrogens (tertiary/aromatic N) is 1. The highest BCUT2D eigenvalue weighted by atomic mass is 16.5. The van der Waals surface area contributed by atoms with Crippen molar-refractivity contribution in [2.24, 2.45) is 5.92 Å². The maximum Gasteiger partial charge on any atom is 0.314 e. The molecule has 0 radical (unpaired) electrons. The topological polar surface area (TPSA) is 53.6 Å². The van der Waals surface area contributed by atoms with Gasteiger partial charge in [-0.2, -0.15) is 0 Å². The summed E-state index contributed by atoms with van der Waals surface area (Å²) in [5.74, 6) is 1.43. The number of carbonyl (C=O) groups excluding carboxylic acids is 1. The second-order valence-corrected chi connectivity index (χ2v) is 6.33. The van der Waals surface area contributed by atoms with Crippen LogP contribution in [0.4, 0.5) is 4.79 Å². The van der Waals surface area contributed by atoms with Crippen molar-refractivity contribution in [2.75, 3.05) is 33.3 Å². The van der Waals surface area contributed by atoms with Crippen LogP contribution in [0.3, 0.4) is 0 Å². The summed E-state index contributed by atoms with van der Waals surface area (Å²) in [6.45, 7) is 11.8. The molecule has 0 saturated carbocycles. The van der Waals surface area contributed by atoms with Crippen LogP contribution >= 0.6 is 0 Å². The van der Waals surface area contributed by atoms with Crippen LogP contribution in [-0.4, -0.2) is 44.2 Å². The normalized spacial score (nSPS) is 12.3. The van der Waals surface area contributed by atoms with Gasteiger partial charge in [-0.1, -0.05) is 39.8 Å². The fourth-order valence-corrected chi connectivity index (χ4v) is 2.67. The van der Waals surface area contributed by atoms with E-state index in [1.807, 2.05) is 12.1 Å². The maximum absolute atomic E-state index is 12.0. The van der Waals surface area contributed by atoms with Crippen LogP contribution in [0.15, 0.2) is 24.3 Å². The molecule has 0 heterocycles. The number of ether oxygens (including phenoxy) is 1. The van der Waals surface area contributed by atoms with Crippen molar-refractivity contribution in [3.63, 3.8) is 0 Å². The summed E-state index contributed by atoms with van der Waals surface area (Å²) in [4.78, 5) is 14.3. The van der Waals surface area contributed by atoms with Crippen LogP contribution in [0.5, 0.6) is 5.75 Å². The second-order valence-electron chi connectivity index (χ2n) is 6.33. The van der Waals surface area contributed by atoms with Crippen molar-refractivity contribution in [1.29, 1.82) is 0 Å². The summed E-state index contributed by atoms with van der Waals surface area (Å²) in [6.07, 6.45) is 0.991. The summed E-state index contributed by atoms with van der Waals surface area (Å²) >= 11 is 0. The Hall–Kier alpha value is -1.75. The van der Waals surface area contributed by atoms with Gasteiger partial charge >= 0.3 is 6.03 Å². The van der Waals surface area contributed by atoms with E-state index in [9.17, 15) is 4.79 Å². The summed E-state index contributed by atoms with van der Waals surface area (Å²) in [6, 6.07) is 8.13. The molecule has 2 amide bonds. The molecule has 5 heteroatoms. The predicted octanol–water partition coefficient (Wildman–Crippen LogP) is 3.42. The number of nitrogens with one attached hydrogen (secondary N) is 2. The van der Waals surface area contributed by atoms with Crippen LogP contribution in [0, 0.1) is 5.92 Å². The number of hydrogen-bond acceptors (Lipinski definition) is 3. The van der Waals surface area contributed by atoms with E-state index < -0.39 is 0 Å². The average molecular weight is 335 g/mol. The lowest BCUT2D eigenvalue weighted by molar-refractivity contribution is 0.206. The molecular formula is C19H33N3O2. The Morgan fingerprint density at radius 3 is 2.25 bits per heavy atom. The highest BCUT2D eigenvalue weighted by molar-refractivity contribution is 5.73. The molecule has 24 heavy (non-hydrogen) atoms. The first-order chi connectivity index (χ1) is 11.5. The zero-order chi connectivity index (χ0) is 17.9. The zero-order valence-electron chi connectivity index (χ0n) is 15.8. The van der Waals surface area contributed by atoms with E-state index in [2.05, 4.69) is 55.4 Å². The molecule has 0 saturated heterocycles. The molecule has 0 fully saturated rings. The minimum absolute atomic E-state index is 0.0960. The van der Waals surface area contributed by atoms with Crippen LogP contribution in [0.2, 0.25) is 0 Å². The van der Waals surface area contributed by atoms with Gasteiger partial charge in [-0.15, -0.1) is 0 Å². The van der Waals surface area contributed by atoms with Gasteiger partial charge in [0.05, 0.1) is 13.2 Å². The van der Waals surface area contributed by atoms with Crippen molar-refractivity contribution >= 4 is 6.03 Å². The van der Waals surface area contributed by atoms with E-state index in [0.717, 1.165) is 25.3 Å². The number of hydrogen-bond donors (Lipinski definition) is 2. The summed E-state index contributed by atoms with van der Waals surface area (Å²) in [5, 5.41) is 5.94. The Kier molecular flexibility index (Phi) is 9.23. The molecule has 0 aliphatic heterocycles. The third-order valence-corrected chi connectivity index (χ3v) is 4.22. The van der Waals surface area contributed by atoms with Gasteiger partial charge in [-0.3, -0.25) is 4.90 Å². The fraction of sp³-hybridized carbons (Fsp3) is 0.632. The molecule has 2 N–H and O–H groups in total. The minimum atomic E-state index is -0.0960. The first kappa shape index (κ1) is 20.3. The first-order valence-electron chi connectivity index (χ1n) is 8.91. The molecule has 1 rings (SSSR count). The SMILES string of the molecule is CCN(CC)C(CNC(=O)NCCC(C)C)c1ccc(OC)cc1. The van der Waals surface area contributed by atoms with Crippen molar-refractivity contribution in [3.05, 3.63) is 29.8 Å². The molecule has 0 spiro atoms. The van der Waals surface area contributed by atoms with Crippen molar-refractivity contribution in [2.45, 2.75) is 40.2 Å². The van der Waals surface area contributed by atoms with Gasteiger partial charge < -0.3 is 15.4 Å². The fourth-order valence-electron chi connectivity index (χ4n) is 2.67. The Morgan fingerprint density at radius 2 is 1.75 bits per heavy atom. The molecule has 0 aromatic heterocycles. The number of rotatable bonds is 10. The lowest BCUT2D eigenvalue weighted by Crippen LogP contribution is -2.42. The lowest BCUT2D eigenvalue weighted by Gasteiger charge is -2.30.